The number of hydrogen-bond donors (Lipinski definition) is 0. The van der Waals surface area contributed by atoms with Crippen molar-refractivity contribution >= 4 is 17.1 Å². The molecule has 2 rings (SSSR count). The van der Waals surface area contributed by atoms with Crippen molar-refractivity contribution in [2.24, 2.45) is 0 Å². The summed E-state index contributed by atoms with van der Waals surface area (Å²) in [4.78, 5) is 16.5. The SMILES string of the molecule is O=C(CCc1cccs1)c1cncc(F)c1. The maximum Gasteiger partial charge on any atom is 0.164 e. The zero-order valence-electron chi connectivity index (χ0n) is 8.52. The van der Waals surface area contributed by atoms with Gasteiger partial charge >= 0.3 is 0 Å². The molecule has 0 aromatic carbocycles. The number of carbonyl (C=O) groups is 1. The van der Waals surface area contributed by atoms with Gasteiger partial charge in [-0.25, -0.2) is 4.39 Å². The third-order valence-electron chi connectivity index (χ3n) is 2.21. The highest BCUT2D eigenvalue weighted by molar-refractivity contribution is 7.09. The van der Waals surface area contributed by atoms with Crippen LogP contribution in [-0.4, -0.2) is 10.8 Å². The lowest BCUT2D eigenvalue weighted by Gasteiger charge is -1.99. The average Bonchev–Trinajstić information content (AvgIpc) is 2.78. The van der Waals surface area contributed by atoms with Gasteiger partial charge in [0.15, 0.2) is 5.78 Å². The van der Waals surface area contributed by atoms with Crippen molar-refractivity contribution in [2.45, 2.75) is 12.8 Å². The van der Waals surface area contributed by atoms with E-state index in [1.807, 2.05) is 17.5 Å². The molecule has 0 aliphatic heterocycles. The molecule has 4 heteroatoms. The van der Waals surface area contributed by atoms with Gasteiger partial charge in [-0.15, -0.1) is 11.3 Å². The number of aryl methyl sites for hydroxylation is 1. The van der Waals surface area contributed by atoms with Gasteiger partial charge in [0.2, 0.25) is 0 Å². The maximum atomic E-state index is 12.8. The first-order valence-corrected chi connectivity index (χ1v) is 5.80. The van der Waals surface area contributed by atoms with Crippen LogP contribution in [0.1, 0.15) is 21.7 Å². The Labute approximate surface area is 96.8 Å². The van der Waals surface area contributed by atoms with Gasteiger partial charge in [0, 0.05) is 23.1 Å². The van der Waals surface area contributed by atoms with E-state index in [1.165, 1.54) is 12.3 Å². The fraction of sp³-hybridized carbons (Fsp3) is 0.167. The molecular weight excluding hydrogens is 225 g/mol. The molecule has 0 unspecified atom stereocenters. The summed E-state index contributed by atoms with van der Waals surface area (Å²) >= 11 is 1.62. The standard InChI is InChI=1S/C12H10FNOS/c13-10-6-9(7-14-8-10)12(15)4-3-11-2-1-5-16-11/h1-2,5-8H,3-4H2. The minimum atomic E-state index is -0.470. The van der Waals surface area contributed by atoms with Crippen LogP contribution in [0.3, 0.4) is 0 Å². The topological polar surface area (TPSA) is 30.0 Å². The maximum absolute atomic E-state index is 12.8. The molecule has 2 aromatic heterocycles. The summed E-state index contributed by atoms with van der Waals surface area (Å²) in [6, 6.07) is 5.17. The lowest BCUT2D eigenvalue weighted by Crippen LogP contribution is -2.01. The fourth-order valence-electron chi connectivity index (χ4n) is 1.40. The average molecular weight is 235 g/mol. The molecule has 0 aliphatic carbocycles. The lowest BCUT2D eigenvalue weighted by molar-refractivity contribution is 0.0982. The number of Topliss-reactive ketones (excluding diaryl/α,β-unsaturated/α-hetero) is 1. The fourth-order valence-corrected chi connectivity index (χ4v) is 2.11. The van der Waals surface area contributed by atoms with Gasteiger partial charge in [-0.2, -0.15) is 0 Å². The monoisotopic (exact) mass is 235 g/mol. The number of pyridine rings is 1. The van der Waals surface area contributed by atoms with Gasteiger partial charge < -0.3 is 0 Å². The van der Waals surface area contributed by atoms with E-state index in [0.717, 1.165) is 11.1 Å². The summed E-state index contributed by atoms with van der Waals surface area (Å²) in [6.07, 6.45) is 3.59. The highest BCUT2D eigenvalue weighted by Gasteiger charge is 2.07. The second-order valence-corrected chi connectivity index (χ2v) is 4.43. The van der Waals surface area contributed by atoms with E-state index >= 15 is 0 Å². The second-order valence-electron chi connectivity index (χ2n) is 3.39. The third-order valence-corrected chi connectivity index (χ3v) is 3.14. The van der Waals surface area contributed by atoms with Crippen LogP contribution in [0.15, 0.2) is 36.0 Å². The first-order chi connectivity index (χ1) is 7.75. The zero-order chi connectivity index (χ0) is 11.4. The van der Waals surface area contributed by atoms with E-state index in [4.69, 9.17) is 0 Å². The summed E-state index contributed by atoms with van der Waals surface area (Å²) in [5.41, 5.74) is 0.344. The van der Waals surface area contributed by atoms with E-state index < -0.39 is 5.82 Å². The second kappa shape index (κ2) is 4.99. The number of carbonyl (C=O) groups excluding carboxylic acids is 1. The molecule has 0 fully saturated rings. The molecule has 2 aromatic rings. The van der Waals surface area contributed by atoms with Gasteiger partial charge in [-0.05, 0) is 23.9 Å². The van der Waals surface area contributed by atoms with Crippen molar-refractivity contribution in [3.63, 3.8) is 0 Å². The molecule has 0 bridgehead atoms. The molecule has 0 amide bonds. The van der Waals surface area contributed by atoms with Gasteiger partial charge in [-0.1, -0.05) is 6.07 Å². The van der Waals surface area contributed by atoms with Gasteiger partial charge in [0.25, 0.3) is 0 Å². The lowest BCUT2D eigenvalue weighted by atomic mass is 10.1. The predicted molar refractivity (Wildman–Crippen MR) is 61.2 cm³/mol. The number of nitrogens with zero attached hydrogens (tertiary/aromatic N) is 1. The molecule has 0 N–H and O–H groups in total. The Hall–Kier alpha value is -1.55. The van der Waals surface area contributed by atoms with Crippen molar-refractivity contribution in [3.05, 3.63) is 52.2 Å². The summed E-state index contributed by atoms with van der Waals surface area (Å²) in [7, 11) is 0. The highest BCUT2D eigenvalue weighted by Crippen LogP contribution is 2.13. The van der Waals surface area contributed by atoms with Crippen LogP contribution in [0.25, 0.3) is 0 Å². The molecular formula is C12H10FNOS. The quantitative estimate of drug-likeness (QED) is 0.762. The normalized spacial score (nSPS) is 10.3. The molecule has 0 aliphatic rings. The molecule has 0 saturated heterocycles. The Morgan fingerprint density at radius 1 is 1.44 bits per heavy atom. The van der Waals surface area contributed by atoms with E-state index in [2.05, 4.69) is 4.98 Å². The van der Waals surface area contributed by atoms with Crippen LogP contribution in [-0.2, 0) is 6.42 Å². The van der Waals surface area contributed by atoms with Gasteiger partial charge in [0.1, 0.15) is 5.82 Å². The highest BCUT2D eigenvalue weighted by atomic mass is 32.1. The molecule has 82 valence electrons. The molecule has 0 saturated carbocycles. The predicted octanol–water partition coefficient (Wildman–Crippen LogP) is 3.10. The Morgan fingerprint density at radius 2 is 2.31 bits per heavy atom. The molecule has 16 heavy (non-hydrogen) atoms. The largest absolute Gasteiger partial charge is 0.294 e. The van der Waals surface area contributed by atoms with Crippen LogP contribution >= 0.6 is 11.3 Å². The van der Waals surface area contributed by atoms with Crippen molar-refractivity contribution in [3.8, 4) is 0 Å². The van der Waals surface area contributed by atoms with Crippen molar-refractivity contribution < 1.29 is 9.18 Å². The van der Waals surface area contributed by atoms with Gasteiger partial charge in [0.05, 0.1) is 6.20 Å². The van der Waals surface area contributed by atoms with E-state index in [9.17, 15) is 9.18 Å². The summed E-state index contributed by atoms with van der Waals surface area (Å²) < 4.78 is 12.8. The van der Waals surface area contributed by atoms with Crippen LogP contribution in [0.5, 0.6) is 0 Å². The van der Waals surface area contributed by atoms with E-state index in [-0.39, 0.29) is 5.78 Å². The molecule has 2 heterocycles. The number of ketones is 1. The summed E-state index contributed by atoms with van der Waals surface area (Å²) in [6.45, 7) is 0. The van der Waals surface area contributed by atoms with E-state index in [0.29, 0.717) is 18.4 Å². The molecule has 2 nitrogen and oxygen atoms in total. The Kier molecular flexibility index (Phi) is 3.41. The Bertz CT molecular complexity index is 482. The zero-order valence-corrected chi connectivity index (χ0v) is 9.34. The minimum absolute atomic E-state index is 0.0691. The number of rotatable bonds is 4. The van der Waals surface area contributed by atoms with Crippen LogP contribution in [0, 0.1) is 5.82 Å². The van der Waals surface area contributed by atoms with Crippen LogP contribution in [0.4, 0.5) is 4.39 Å². The first-order valence-electron chi connectivity index (χ1n) is 4.92. The first kappa shape index (κ1) is 11.0. The number of aromatic nitrogens is 1. The number of thiophene rings is 1. The molecule has 0 atom stereocenters. The molecule has 0 radical (unpaired) electrons. The third kappa shape index (κ3) is 2.73. The van der Waals surface area contributed by atoms with Crippen molar-refractivity contribution in [2.75, 3.05) is 0 Å². The van der Waals surface area contributed by atoms with Crippen LogP contribution in [0.2, 0.25) is 0 Å². The number of halogens is 1. The van der Waals surface area contributed by atoms with Gasteiger partial charge in [-0.3, -0.25) is 9.78 Å². The minimum Gasteiger partial charge on any atom is -0.294 e. The summed E-state index contributed by atoms with van der Waals surface area (Å²) in [5.74, 6) is -0.539. The van der Waals surface area contributed by atoms with Crippen LogP contribution < -0.4 is 0 Å². The smallest absolute Gasteiger partial charge is 0.164 e. The van der Waals surface area contributed by atoms with E-state index in [1.54, 1.807) is 11.3 Å². The number of hydrogen-bond acceptors (Lipinski definition) is 3. The Balaban J connectivity index is 1.98. The van der Waals surface area contributed by atoms with Crippen molar-refractivity contribution in [1.82, 2.24) is 4.98 Å². The summed E-state index contributed by atoms with van der Waals surface area (Å²) in [5, 5.41) is 1.98. The molecule has 0 spiro atoms. The van der Waals surface area contributed by atoms with Crippen molar-refractivity contribution in [1.29, 1.82) is 0 Å². The Morgan fingerprint density at radius 3 is 3.00 bits per heavy atom.